The minimum absolute atomic E-state index is 0.122. The fraction of sp³-hybridized carbons (Fsp3) is 0.545. The van der Waals surface area contributed by atoms with Crippen LogP contribution in [0.1, 0.15) is 5.82 Å². The lowest BCUT2D eigenvalue weighted by Gasteiger charge is -2.37. The van der Waals surface area contributed by atoms with Crippen LogP contribution >= 0.6 is 0 Å². The standard InChI is InChI=1S/C11H16N6O2S/c1-9-13-11(8-15(9)2)20(18,19)17-6-10(7-17)5-16-4-3-12-14-16/h3-4,8,10H,5-7H2,1-2H3. The summed E-state index contributed by atoms with van der Waals surface area (Å²) in [6, 6.07) is 0. The maximum Gasteiger partial charge on any atom is 0.262 e. The largest absolute Gasteiger partial charge is 0.337 e. The number of rotatable bonds is 4. The Hall–Kier alpha value is -1.74. The second-order valence-corrected chi connectivity index (χ2v) is 6.94. The van der Waals surface area contributed by atoms with Gasteiger partial charge in [0.15, 0.2) is 5.03 Å². The second kappa shape index (κ2) is 4.67. The summed E-state index contributed by atoms with van der Waals surface area (Å²) in [7, 11) is -1.68. The monoisotopic (exact) mass is 296 g/mol. The van der Waals surface area contributed by atoms with E-state index in [1.165, 1.54) is 4.31 Å². The fourth-order valence-corrected chi connectivity index (χ4v) is 3.83. The summed E-state index contributed by atoms with van der Waals surface area (Å²) in [6.07, 6.45) is 4.94. The number of imidazole rings is 1. The molecule has 0 unspecified atom stereocenters. The first-order chi connectivity index (χ1) is 9.46. The molecular formula is C11H16N6O2S. The van der Waals surface area contributed by atoms with Gasteiger partial charge >= 0.3 is 0 Å². The van der Waals surface area contributed by atoms with Crippen LogP contribution < -0.4 is 0 Å². The van der Waals surface area contributed by atoms with Crippen LogP contribution in [-0.2, 0) is 23.6 Å². The first kappa shape index (κ1) is 13.3. The average molecular weight is 296 g/mol. The number of nitrogens with zero attached hydrogens (tertiary/aromatic N) is 6. The van der Waals surface area contributed by atoms with Crippen LogP contribution in [-0.4, -0.2) is 50.4 Å². The molecular weight excluding hydrogens is 280 g/mol. The molecule has 0 saturated carbocycles. The summed E-state index contributed by atoms with van der Waals surface area (Å²) in [5.74, 6) is 0.958. The van der Waals surface area contributed by atoms with Crippen molar-refractivity contribution in [3.63, 3.8) is 0 Å². The van der Waals surface area contributed by atoms with Crippen LogP contribution in [0.4, 0.5) is 0 Å². The van der Waals surface area contributed by atoms with E-state index in [-0.39, 0.29) is 10.9 Å². The zero-order chi connectivity index (χ0) is 14.3. The molecule has 9 heteroatoms. The van der Waals surface area contributed by atoms with Gasteiger partial charge in [0.25, 0.3) is 10.0 Å². The highest BCUT2D eigenvalue weighted by molar-refractivity contribution is 7.89. The molecule has 3 rings (SSSR count). The van der Waals surface area contributed by atoms with Crippen LogP contribution in [0.5, 0.6) is 0 Å². The zero-order valence-corrected chi connectivity index (χ0v) is 12.2. The van der Waals surface area contributed by atoms with Crippen molar-refractivity contribution in [2.24, 2.45) is 13.0 Å². The highest BCUT2D eigenvalue weighted by Gasteiger charge is 2.38. The van der Waals surface area contributed by atoms with Crippen molar-refractivity contribution in [1.29, 1.82) is 0 Å². The lowest BCUT2D eigenvalue weighted by molar-refractivity contribution is 0.173. The van der Waals surface area contributed by atoms with E-state index in [4.69, 9.17) is 0 Å². The molecule has 0 aliphatic carbocycles. The molecule has 0 N–H and O–H groups in total. The van der Waals surface area contributed by atoms with E-state index in [1.54, 1.807) is 41.8 Å². The van der Waals surface area contributed by atoms with Gasteiger partial charge in [-0.15, -0.1) is 5.10 Å². The van der Waals surface area contributed by atoms with E-state index in [0.29, 0.717) is 25.5 Å². The molecule has 0 amide bonds. The van der Waals surface area contributed by atoms with Gasteiger partial charge in [-0.2, -0.15) is 4.31 Å². The lowest BCUT2D eigenvalue weighted by atomic mass is 10.0. The summed E-state index contributed by atoms with van der Waals surface area (Å²) in [4.78, 5) is 4.09. The molecule has 2 aromatic rings. The van der Waals surface area contributed by atoms with Crippen molar-refractivity contribution in [3.8, 4) is 0 Å². The Morgan fingerprint density at radius 1 is 1.40 bits per heavy atom. The predicted molar refractivity (Wildman–Crippen MR) is 70.2 cm³/mol. The first-order valence-corrected chi connectivity index (χ1v) is 7.75. The molecule has 8 nitrogen and oxygen atoms in total. The molecule has 0 spiro atoms. The Morgan fingerprint density at radius 3 is 2.70 bits per heavy atom. The Morgan fingerprint density at radius 2 is 2.15 bits per heavy atom. The van der Waals surface area contributed by atoms with E-state index < -0.39 is 10.0 Å². The van der Waals surface area contributed by atoms with E-state index in [9.17, 15) is 8.42 Å². The Labute approximate surface area is 117 Å². The highest BCUT2D eigenvalue weighted by atomic mass is 32.2. The molecule has 1 fully saturated rings. The van der Waals surface area contributed by atoms with Crippen LogP contribution in [0.15, 0.2) is 23.6 Å². The van der Waals surface area contributed by atoms with Crippen molar-refractivity contribution in [1.82, 2.24) is 28.9 Å². The zero-order valence-electron chi connectivity index (χ0n) is 11.3. The van der Waals surface area contributed by atoms with Crippen molar-refractivity contribution in [3.05, 3.63) is 24.4 Å². The Balaban J connectivity index is 1.66. The van der Waals surface area contributed by atoms with Crippen molar-refractivity contribution in [2.75, 3.05) is 13.1 Å². The van der Waals surface area contributed by atoms with Gasteiger partial charge in [-0.05, 0) is 6.92 Å². The van der Waals surface area contributed by atoms with Gasteiger partial charge in [0.1, 0.15) is 5.82 Å². The number of aromatic nitrogens is 5. The van der Waals surface area contributed by atoms with E-state index in [2.05, 4.69) is 15.3 Å². The fourth-order valence-electron chi connectivity index (χ4n) is 2.21. The highest BCUT2D eigenvalue weighted by Crippen LogP contribution is 2.25. The van der Waals surface area contributed by atoms with Gasteiger partial charge in [0.05, 0.1) is 6.20 Å². The molecule has 0 radical (unpaired) electrons. The lowest BCUT2D eigenvalue weighted by Crippen LogP contribution is -2.51. The minimum atomic E-state index is -3.46. The molecule has 108 valence electrons. The maximum atomic E-state index is 12.3. The third-order valence-corrected chi connectivity index (χ3v) is 5.23. The molecule has 1 saturated heterocycles. The molecule has 0 bridgehead atoms. The molecule has 1 aliphatic heterocycles. The average Bonchev–Trinajstić information content (AvgIpc) is 2.94. The third-order valence-electron chi connectivity index (χ3n) is 3.53. The van der Waals surface area contributed by atoms with Gasteiger partial charge in [-0.3, -0.25) is 4.68 Å². The topological polar surface area (TPSA) is 85.9 Å². The summed E-state index contributed by atoms with van der Waals surface area (Å²) >= 11 is 0. The first-order valence-electron chi connectivity index (χ1n) is 6.31. The summed E-state index contributed by atoms with van der Waals surface area (Å²) in [5.41, 5.74) is 0. The Kier molecular flexibility index (Phi) is 3.09. The second-order valence-electron chi connectivity index (χ2n) is 5.05. The molecule has 1 aliphatic rings. The van der Waals surface area contributed by atoms with E-state index >= 15 is 0 Å². The van der Waals surface area contributed by atoms with Gasteiger partial charge in [0, 0.05) is 45.0 Å². The van der Waals surface area contributed by atoms with E-state index in [1.807, 2.05) is 0 Å². The minimum Gasteiger partial charge on any atom is -0.337 e. The SMILES string of the molecule is Cc1nc(S(=O)(=O)N2CC(Cn3ccnn3)C2)cn1C. The van der Waals surface area contributed by atoms with Gasteiger partial charge in [-0.1, -0.05) is 5.21 Å². The van der Waals surface area contributed by atoms with Crippen LogP contribution in [0.3, 0.4) is 0 Å². The van der Waals surface area contributed by atoms with Crippen molar-refractivity contribution < 1.29 is 8.42 Å². The van der Waals surface area contributed by atoms with Crippen molar-refractivity contribution >= 4 is 10.0 Å². The van der Waals surface area contributed by atoms with Crippen LogP contribution in [0, 0.1) is 12.8 Å². The predicted octanol–water partition coefficient (Wildman–Crippen LogP) is -0.359. The quantitative estimate of drug-likeness (QED) is 0.769. The number of sulfonamides is 1. The number of hydrogen-bond acceptors (Lipinski definition) is 5. The molecule has 2 aromatic heterocycles. The normalized spacial score (nSPS) is 17.3. The van der Waals surface area contributed by atoms with Crippen molar-refractivity contribution in [2.45, 2.75) is 18.5 Å². The number of aryl methyl sites for hydroxylation is 2. The maximum absolute atomic E-state index is 12.3. The van der Waals surface area contributed by atoms with Gasteiger partial charge in [-0.25, -0.2) is 13.4 Å². The molecule has 20 heavy (non-hydrogen) atoms. The molecule has 0 atom stereocenters. The van der Waals surface area contributed by atoms with Crippen LogP contribution in [0.2, 0.25) is 0 Å². The molecule has 3 heterocycles. The van der Waals surface area contributed by atoms with Gasteiger partial charge in [0.2, 0.25) is 0 Å². The third kappa shape index (κ3) is 2.22. The van der Waals surface area contributed by atoms with E-state index in [0.717, 1.165) is 0 Å². The Bertz CT molecular complexity index is 680. The summed E-state index contributed by atoms with van der Waals surface area (Å²) < 4.78 is 29.6. The molecule has 0 aromatic carbocycles. The van der Waals surface area contributed by atoms with Crippen LogP contribution in [0.25, 0.3) is 0 Å². The number of hydrogen-bond donors (Lipinski definition) is 0. The van der Waals surface area contributed by atoms with Gasteiger partial charge < -0.3 is 4.57 Å². The summed E-state index contributed by atoms with van der Waals surface area (Å²) in [5, 5.41) is 7.73. The smallest absolute Gasteiger partial charge is 0.262 e. The summed E-state index contributed by atoms with van der Waals surface area (Å²) in [6.45, 7) is 3.46.